The number of carbonyl (C=O) groups excluding carboxylic acids is 2. The quantitative estimate of drug-likeness (QED) is 0.442. The summed E-state index contributed by atoms with van der Waals surface area (Å²) in [6, 6.07) is 10.4. The molecule has 0 spiro atoms. The van der Waals surface area contributed by atoms with E-state index in [0.29, 0.717) is 22.5 Å². The molecule has 214 valence electrons. The molecule has 10 nitrogen and oxygen atoms in total. The molecule has 12 heteroatoms. The number of fused-ring (bicyclic) bond motifs is 2. The average Bonchev–Trinajstić information content (AvgIpc) is 3.62. The van der Waals surface area contributed by atoms with Gasteiger partial charge in [0.15, 0.2) is 11.5 Å². The molecule has 0 radical (unpaired) electrons. The number of ether oxygens (including phenoxy) is 4. The number of benzene rings is 2. The average molecular weight is 568 g/mol. The first-order valence-corrected chi connectivity index (χ1v) is 13.1. The predicted molar refractivity (Wildman–Crippen MR) is 141 cm³/mol. The number of nitrogens with zero attached hydrogens (tertiary/aromatic N) is 2. The SMILES string of the molecule is CC(C)(C)OC(=O)c1ccc(-n2nc(C3CC3)cc(NC(=O)[C@]3(C)COc4cc5c(cc43)OC(F)(F)O5)c2=O)cc1. The second-order valence-corrected chi connectivity index (χ2v) is 11.6. The number of hydrogen-bond acceptors (Lipinski definition) is 8. The van der Waals surface area contributed by atoms with Crippen molar-refractivity contribution in [1.82, 2.24) is 9.78 Å². The molecule has 1 aromatic heterocycles. The van der Waals surface area contributed by atoms with Crippen molar-refractivity contribution in [3.05, 3.63) is 69.6 Å². The van der Waals surface area contributed by atoms with Crippen LogP contribution in [0.2, 0.25) is 0 Å². The smallest absolute Gasteiger partial charge is 0.492 e. The summed E-state index contributed by atoms with van der Waals surface area (Å²) in [7, 11) is 0. The lowest BCUT2D eigenvalue weighted by Crippen LogP contribution is -2.41. The molecule has 1 atom stereocenters. The van der Waals surface area contributed by atoms with E-state index in [1.807, 2.05) is 0 Å². The number of halogens is 2. The summed E-state index contributed by atoms with van der Waals surface area (Å²) in [5.74, 6) is -1.12. The third-order valence-corrected chi connectivity index (χ3v) is 7.04. The van der Waals surface area contributed by atoms with Crippen LogP contribution in [0.5, 0.6) is 17.2 Å². The Balaban J connectivity index is 1.30. The maximum absolute atomic E-state index is 13.6. The fourth-order valence-corrected chi connectivity index (χ4v) is 4.71. The van der Waals surface area contributed by atoms with E-state index in [-0.39, 0.29) is 35.5 Å². The van der Waals surface area contributed by atoms with Crippen molar-refractivity contribution in [1.29, 1.82) is 0 Å². The summed E-state index contributed by atoms with van der Waals surface area (Å²) >= 11 is 0. The lowest BCUT2D eigenvalue weighted by molar-refractivity contribution is -0.286. The van der Waals surface area contributed by atoms with Crippen molar-refractivity contribution < 1.29 is 37.3 Å². The summed E-state index contributed by atoms with van der Waals surface area (Å²) in [6.45, 7) is 6.81. The highest BCUT2D eigenvalue weighted by molar-refractivity contribution is 6.00. The predicted octanol–water partition coefficient (Wildman–Crippen LogP) is 4.68. The third-order valence-electron chi connectivity index (χ3n) is 7.04. The van der Waals surface area contributed by atoms with Crippen molar-refractivity contribution in [2.24, 2.45) is 0 Å². The largest absolute Gasteiger partial charge is 0.586 e. The van der Waals surface area contributed by atoms with Crippen LogP contribution >= 0.6 is 0 Å². The molecule has 1 N–H and O–H groups in total. The standard InChI is InChI=1S/C29H27F2N3O7/c1-27(2,3)41-25(36)16-7-9-17(10-8-16)34-24(35)20(12-19(33-34)15-5-6-15)32-26(37)28(4)14-38-21-13-23-22(11-18(21)28)39-29(30,31)40-23/h7-13,15H,5-6,14H2,1-4H3,(H,32,37)/t28-/m1/s1. The van der Waals surface area contributed by atoms with Crippen LogP contribution in [0, 0.1) is 0 Å². The molecule has 0 bridgehead atoms. The summed E-state index contributed by atoms with van der Waals surface area (Å²) in [4.78, 5) is 39.6. The Bertz CT molecular complexity index is 1640. The molecular formula is C29H27F2N3O7. The van der Waals surface area contributed by atoms with Crippen LogP contribution < -0.4 is 25.1 Å². The van der Waals surface area contributed by atoms with E-state index in [2.05, 4.69) is 19.9 Å². The van der Waals surface area contributed by atoms with Crippen LogP contribution in [0.25, 0.3) is 5.69 Å². The molecule has 1 saturated carbocycles. The second-order valence-electron chi connectivity index (χ2n) is 11.6. The fourth-order valence-electron chi connectivity index (χ4n) is 4.71. The summed E-state index contributed by atoms with van der Waals surface area (Å²) < 4.78 is 48.4. The van der Waals surface area contributed by atoms with Gasteiger partial charge in [0.2, 0.25) is 5.91 Å². The topological polar surface area (TPSA) is 118 Å². The first-order chi connectivity index (χ1) is 19.2. The van der Waals surface area contributed by atoms with E-state index in [9.17, 15) is 23.2 Å². The highest BCUT2D eigenvalue weighted by Crippen LogP contribution is 2.50. The number of amides is 1. The number of aromatic nitrogens is 2. The molecule has 0 unspecified atom stereocenters. The Morgan fingerprint density at radius 2 is 1.71 bits per heavy atom. The summed E-state index contributed by atoms with van der Waals surface area (Å²) in [5, 5.41) is 7.24. The number of alkyl halides is 2. The van der Waals surface area contributed by atoms with Crippen molar-refractivity contribution in [2.45, 2.75) is 63.8 Å². The van der Waals surface area contributed by atoms with Crippen molar-refractivity contribution in [3.8, 4) is 22.9 Å². The van der Waals surface area contributed by atoms with Gasteiger partial charge in [-0.2, -0.15) is 9.78 Å². The molecule has 1 amide bonds. The molecular weight excluding hydrogens is 540 g/mol. The van der Waals surface area contributed by atoms with Crippen LogP contribution in [-0.2, 0) is 14.9 Å². The molecule has 1 aliphatic carbocycles. The maximum atomic E-state index is 13.6. The van der Waals surface area contributed by atoms with E-state index in [1.165, 1.54) is 16.8 Å². The van der Waals surface area contributed by atoms with Gasteiger partial charge in [-0.3, -0.25) is 9.59 Å². The molecule has 2 aliphatic heterocycles. The van der Waals surface area contributed by atoms with Gasteiger partial charge < -0.3 is 24.3 Å². The Hall–Kier alpha value is -4.48. The van der Waals surface area contributed by atoms with E-state index in [1.54, 1.807) is 58.0 Å². The van der Waals surface area contributed by atoms with Crippen molar-refractivity contribution in [3.63, 3.8) is 0 Å². The molecule has 2 aromatic carbocycles. The molecule has 3 aliphatic rings. The number of nitrogens with one attached hydrogen (secondary N) is 1. The van der Waals surface area contributed by atoms with E-state index in [4.69, 9.17) is 9.47 Å². The number of rotatable bonds is 5. The fraction of sp³-hybridized carbons (Fsp3) is 0.379. The Morgan fingerprint density at radius 1 is 1.05 bits per heavy atom. The second kappa shape index (κ2) is 9.02. The van der Waals surface area contributed by atoms with Gasteiger partial charge >= 0.3 is 12.3 Å². The zero-order chi connectivity index (χ0) is 29.3. The minimum absolute atomic E-state index is 0.00469. The van der Waals surface area contributed by atoms with Gasteiger partial charge in [0.05, 0.1) is 16.9 Å². The minimum atomic E-state index is -3.82. The molecule has 3 aromatic rings. The Kier molecular flexibility index (Phi) is 5.88. The Morgan fingerprint density at radius 3 is 2.34 bits per heavy atom. The number of hydrogen-bond donors (Lipinski definition) is 1. The van der Waals surface area contributed by atoms with Crippen LogP contribution in [0.3, 0.4) is 0 Å². The molecule has 0 saturated heterocycles. The monoisotopic (exact) mass is 567 g/mol. The molecule has 41 heavy (non-hydrogen) atoms. The number of carbonyl (C=O) groups is 2. The van der Waals surface area contributed by atoms with Crippen LogP contribution in [0.1, 0.15) is 68.1 Å². The van der Waals surface area contributed by atoms with Gasteiger partial charge in [0, 0.05) is 17.5 Å². The van der Waals surface area contributed by atoms with Gasteiger partial charge in [0.1, 0.15) is 29.1 Å². The summed E-state index contributed by atoms with van der Waals surface area (Å²) in [5.41, 5.74) is -0.885. The maximum Gasteiger partial charge on any atom is 0.586 e. The van der Waals surface area contributed by atoms with Crippen LogP contribution in [-0.4, -0.2) is 40.2 Å². The number of anilines is 1. The third kappa shape index (κ3) is 4.98. The lowest BCUT2D eigenvalue weighted by atomic mass is 9.83. The van der Waals surface area contributed by atoms with Gasteiger partial charge in [-0.05, 0) is 76.9 Å². The highest BCUT2D eigenvalue weighted by atomic mass is 19.3. The normalized spacial score (nSPS) is 20.2. The zero-order valence-electron chi connectivity index (χ0n) is 22.7. The van der Waals surface area contributed by atoms with Crippen molar-refractivity contribution >= 4 is 17.6 Å². The Labute approximate surface area is 233 Å². The van der Waals surface area contributed by atoms with Crippen LogP contribution in [0.15, 0.2) is 47.3 Å². The van der Waals surface area contributed by atoms with E-state index in [0.717, 1.165) is 12.8 Å². The molecule has 6 rings (SSSR count). The van der Waals surface area contributed by atoms with E-state index >= 15 is 0 Å². The van der Waals surface area contributed by atoms with Crippen LogP contribution in [0.4, 0.5) is 14.5 Å². The zero-order valence-corrected chi connectivity index (χ0v) is 22.7. The lowest BCUT2D eigenvalue weighted by Gasteiger charge is -2.22. The van der Waals surface area contributed by atoms with Gasteiger partial charge in [-0.1, -0.05) is 0 Å². The molecule has 3 heterocycles. The highest BCUT2D eigenvalue weighted by Gasteiger charge is 2.49. The van der Waals surface area contributed by atoms with Crippen molar-refractivity contribution in [2.75, 3.05) is 11.9 Å². The minimum Gasteiger partial charge on any atom is -0.492 e. The van der Waals surface area contributed by atoms with Gasteiger partial charge in [-0.15, -0.1) is 8.78 Å². The molecule has 1 fully saturated rings. The van der Waals surface area contributed by atoms with E-state index < -0.39 is 34.7 Å². The van der Waals surface area contributed by atoms with Gasteiger partial charge in [0.25, 0.3) is 5.56 Å². The summed E-state index contributed by atoms with van der Waals surface area (Å²) in [6.07, 6.45) is -2.03. The first kappa shape index (κ1) is 26.7. The number of esters is 1. The van der Waals surface area contributed by atoms with Gasteiger partial charge in [-0.25, -0.2) is 4.79 Å². The first-order valence-electron chi connectivity index (χ1n) is 13.1.